The van der Waals surface area contributed by atoms with Gasteiger partial charge in [0.25, 0.3) is 5.91 Å². The molecular formula is C24H21BrCl2N4O2. The first-order chi connectivity index (χ1) is 15.7. The molecule has 2 aromatic carbocycles. The summed E-state index contributed by atoms with van der Waals surface area (Å²) in [7, 11) is 0. The highest BCUT2D eigenvalue weighted by Gasteiger charge is 2.42. The summed E-state index contributed by atoms with van der Waals surface area (Å²) >= 11 is 16.0. The summed E-state index contributed by atoms with van der Waals surface area (Å²) < 4.78 is 0.666. The Balaban J connectivity index is 1.54. The quantitative estimate of drug-likeness (QED) is 0.429. The van der Waals surface area contributed by atoms with E-state index in [2.05, 4.69) is 43.6 Å². The minimum absolute atomic E-state index is 0.155. The van der Waals surface area contributed by atoms with Crippen molar-refractivity contribution in [1.29, 1.82) is 0 Å². The Morgan fingerprint density at radius 2 is 1.85 bits per heavy atom. The zero-order valence-electron chi connectivity index (χ0n) is 18.1. The predicted octanol–water partition coefficient (Wildman–Crippen LogP) is 5.26. The van der Waals surface area contributed by atoms with Gasteiger partial charge >= 0.3 is 0 Å². The summed E-state index contributed by atoms with van der Waals surface area (Å²) in [6, 6.07) is 9.94. The highest BCUT2D eigenvalue weighted by atomic mass is 79.9. The van der Waals surface area contributed by atoms with Gasteiger partial charge in [0.05, 0.1) is 20.2 Å². The number of H-pyrrole nitrogens is 1. The Bertz CT molecular complexity index is 1290. The van der Waals surface area contributed by atoms with E-state index in [0.29, 0.717) is 39.7 Å². The largest absolute Gasteiger partial charge is 0.352 e. The van der Waals surface area contributed by atoms with Crippen molar-refractivity contribution in [2.45, 2.75) is 32.2 Å². The monoisotopic (exact) mass is 546 g/mol. The number of fused-ring (bicyclic) bond motifs is 3. The molecule has 5 rings (SSSR count). The van der Waals surface area contributed by atoms with E-state index in [1.165, 1.54) is 5.56 Å². The smallest absolute Gasteiger partial charge is 0.273 e. The van der Waals surface area contributed by atoms with Gasteiger partial charge in [0.2, 0.25) is 5.91 Å². The van der Waals surface area contributed by atoms with Gasteiger partial charge in [-0.25, -0.2) is 0 Å². The van der Waals surface area contributed by atoms with Crippen molar-refractivity contribution >= 4 is 50.9 Å². The van der Waals surface area contributed by atoms with Crippen LogP contribution in [0.2, 0.25) is 10.0 Å². The first kappa shape index (κ1) is 22.4. The summed E-state index contributed by atoms with van der Waals surface area (Å²) in [6.07, 6.45) is 1.50. The second kappa shape index (κ2) is 8.15. The highest BCUT2D eigenvalue weighted by molar-refractivity contribution is 9.10. The van der Waals surface area contributed by atoms with Crippen LogP contribution in [0.3, 0.4) is 0 Å². The van der Waals surface area contributed by atoms with Gasteiger partial charge in [-0.2, -0.15) is 5.10 Å². The molecule has 33 heavy (non-hydrogen) atoms. The van der Waals surface area contributed by atoms with Gasteiger partial charge in [0.1, 0.15) is 11.2 Å². The van der Waals surface area contributed by atoms with Crippen LogP contribution in [-0.2, 0) is 17.6 Å². The topological polar surface area (TPSA) is 78.1 Å². The second-order valence-electron chi connectivity index (χ2n) is 8.82. The van der Waals surface area contributed by atoms with Gasteiger partial charge in [0.15, 0.2) is 0 Å². The molecule has 0 saturated carbocycles. The van der Waals surface area contributed by atoms with Crippen LogP contribution in [0.15, 0.2) is 34.8 Å². The van der Waals surface area contributed by atoms with Crippen LogP contribution in [0.1, 0.15) is 35.5 Å². The molecule has 1 fully saturated rings. The molecule has 1 aliphatic carbocycles. The van der Waals surface area contributed by atoms with Crippen molar-refractivity contribution in [2.24, 2.45) is 0 Å². The minimum Gasteiger partial charge on any atom is -0.352 e. The van der Waals surface area contributed by atoms with Gasteiger partial charge in [-0.1, -0.05) is 35.3 Å². The summed E-state index contributed by atoms with van der Waals surface area (Å²) in [5.41, 5.74) is 5.21. The molecular weight excluding hydrogens is 527 g/mol. The lowest BCUT2D eigenvalue weighted by molar-refractivity contribution is -0.133. The fraction of sp³-hybridized carbons (Fsp3) is 0.292. The maximum atomic E-state index is 13.4. The maximum Gasteiger partial charge on any atom is 0.273 e. The average Bonchev–Trinajstić information content (AvgIpc) is 3.23. The molecule has 0 atom stereocenters. The summed E-state index contributed by atoms with van der Waals surface area (Å²) in [6.45, 7) is 4.42. The highest BCUT2D eigenvalue weighted by Crippen LogP contribution is 2.40. The molecule has 2 amide bonds. The average molecular weight is 548 g/mol. The molecule has 2 N–H and O–H groups in total. The van der Waals surface area contributed by atoms with Gasteiger partial charge in [-0.3, -0.25) is 14.7 Å². The second-order valence-corrected chi connectivity index (χ2v) is 10.4. The van der Waals surface area contributed by atoms with Crippen LogP contribution in [-0.4, -0.2) is 45.5 Å². The summed E-state index contributed by atoms with van der Waals surface area (Å²) in [5, 5.41) is 11.4. The number of nitrogens with zero attached hydrogens (tertiary/aromatic N) is 2. The molecule has 1 aromatic heterocycles. The number of hydrogen-bond acceptors (Lipinski definition) is 3. The van der Waals surface area contributed by atoms with E-state index in [9.17, 15) is 9.59 Å². The molecule has 0 unspecified atom stereocenters. The molecule has 9 heteroatoms. The van der Waals surface area contributed by atoms with Gasteiger partial charge in [0, 0.05) is 24.2 Å². The van der Waals surface area contributed by atoms with E-state index in [0.717, 1.165) is 34.4 Å². The van der Waals surface area contributed by atoms with Crippen molar-refractivity contribution in [3.05, 3.63) is 61.7 Å². The fourth-order valence-electron chi connectivity index (χ4n) is 4.57. The third kappa shape index (κ3) is 3.66. The maximum absolute atomic E-state index is 13.4. The number of nitrogens with one attached hydrogen (secondary N) is 2. The molecule has 0 spiro atoms. The van der Waals surface area contributed by atoms with Crippen LogP contribution in [0.4, 0.5) is 0 Å². The van der Waals surface area contributed by atoms with Gasteiger partial charge in [-0.15, -0.1) is 0 Å². The summed E-state index contributed by atoms with van der Waals surface area (Å²) in [5.74, 6) is -0.355. The molecule has 3 aromatic rings. The number of carbonyl (C=O) groups excluding carboxylic acids is 2. The third-order valence-electron chi connectivity index (χ3n) is 6.50. The molecule has 0 bridgehead atoms. The number of aromatic amines is 1. The lowest BCUT2D eigenvalue weighted by atomic mass is 9.86. The SMILES string of the molecule is CC1(C)C(=O)NCCN1C(=O)c1[nH]nc2c1CCc1ccc(-c3cc(Cl)c(Br)c(Cl)c3)cc1-2. The van der Waals surface area contributed by atoms with E-state index in [1.54, 1.807) is 18.7 Å². The molecule has 1 aliphatic heterocycles. The van der Waals surface area contributed by atoms with Gasteiger partial charge in [-0.05, 0) is 77.5 Å². The standard InChI is InChI=1S/C24H21BrCl2N4O2/c1-24(2)23(33)28-7-8-31(24)22(32)21-15-6-5-12-3-4-13(9-16(12)20(15)29-30-21)14-10-17(26)19(25)18(27)11-14/h3-4,9-11H,5-8H2,1-2H3,(H,28,33)(H,29,30). The molecule has 0 radical (unpaired) electrons. The van der Waals surface area contributed by atoms with Crippen molar-refractivity contribution in [3.8, 4) is 22.4 Å². The van der Waals surface area contributed by atoms with Crippen LogP contribution in [0.5, 0.6) is 0 Å². The molecule has 2 aliphatic rings. The number of hydrogen-bond donors (Lipinski definition) is 2. The van der Waals surface area contributed by atoms with Crippen LogP contribution in [0.25, 0.3) is 22.4 Å². The van der Waals surface area contributed by atoms with E-state index >= 15 is 0 Å². The van der Waals surface area contributed by atoms with Crippen molar-refractivity contribution in [2.75, 3.05) is 13.1 Å². The van der Waals surface area contributed by atoms with E-state index in [-0.39, 0.29) is 11.8 Å². The number of rotatable bonds is 2. The Morgan fingerprint density at radius 1 is 1.12 bits per heavy atom. The van der Waals surface area contributed by atoms with Gasteiger partial charge < -0.3 is 10.2 Å². The van der Waals surface area contributed by atoms with E-state index < -0.39 is 5.54 Å². The number of benzene rings is 2. The van der Waals surface area contributed by atoms with Crippen LogP contribution in [0, 0.1) is 0 Å². The molecule has 2 heterocycles. The Kier molecular flexibility index (Phi) is 5.54. The number of carbonyl (C=O) groups is 2. The number of piperazine rings is 1. The Morgan fingerprint density at radius 3 is 2.58 bits per heavy atom. The lowest BCUT2D eigenvalue weighted by Gasteiger charge is -2.41. The van der Waals surface area contributed by atoms with Crippen LogP contribution >= 0.6 is 39.1 Å². The normalized spacial score (nSPS) is 16.8. The Labute approximate surface area is 209 Å². The first-order valence-corrected chi connectivity index (χ1v) is 12.2. The fourth-order valence-corrected chi connectivity index (χ4v) is 5.29. The van der Waals surface area contributed by atoms with E-state index in [1.807, 2.05) is 18.2 Å². The van der Waals surface area contributed by atoms with Crippen molar-refractivity contribution in [3.63, 3.8) is 0 Å². The number of aryl methyl sites for hydroxylation is 1. The van der Waals surface area contributed by atoms with Crippen molar-refractivity contribution in [1.82, 2.24) is 20.4 Å². The summed E-state index contributed by atoms with van der Waals surface area (Å²) in [4.78, 5) is 27.4. The number of halogens is 3. The molecule has 6 nitrogen and oxygen atoms in total. The lowest BCUT2D eigenvalue weighted by Crippen LogP contribution is -2.63. The van der Waals surface area contributed by atoms with E-state index in [4.69, 9.17) is 23.2 Å². The number of aromatic nitrogens is 2. The predicted molar refractivity (Wildman–Crippen MR) is 133 cm³/mol. The molecule has 1 saturated heterocycles. The zero-order valence-corrected chi connectivity index (χ0v) is 21.2. The van der Waals surface area contributed by atoms with Crippen LogP contribution < -0.4 is 5.32 Å². The minimum atomic E-state index is -0.923. The zero-order chi connectivity index (χ0) is 23.5. The van der Waals surface area contributed by atoms with Crippen molar-refractivity contribution < 1.29 is 9.59 Å². The first-order valence-electron chi connectivity index (χ1n) is 10.6. The molecule has 170 valence electrons. The Hall–Kier alpha value is -2.35. The third-order valence-corrected chi connectivity index (χ3v) is 8.41. The number of amides is 2.